The summed E-state index contributed by atoms with van der Waals surface area (Å²) in [7, 11) is -0.596. The van der Waals surface area contributed by atoms with Gasteiger partial charge in [-0.3, -0.25) is 0 Å². The van der Waals surface area contributed by atoms with E-state index in [-0.39, 0.29) is 5.54 Å². The molecule has 0 aliphatic rings. The lowest BCUT2D eigenvalue weighted by Crippen LogP contribution is -2.05. The van der Waals surface area contributed by atoms with Gasteiger partial charge in [0.25, 0.3) is 0 Å². The molecule has 0 aliphatic heterocycles. The van der Waals surface area contributed by atoms with E-state index in [1.165, 1.54) is 0 Å². The summed E-state index contributed by atoms with van der Waals surface area (Å²) in [6.07, 6.45) is 0. The third-order valence-electron chi connectivity index (χ3n) is 2.37. The Morgan fingerprint density at radius 3 is 1.47 bits per heavy atom. The Morgan fingerprint density at radius 2 is 1.13 bits per heavy atom. The molecule has 0 unspecified atom stereocenters. The van der Waals surface area contributed by atoms with Crippen LogP contribution in [0.1, 0.15) is 16.7 Å². The molecule has 2 aromatic carbocycles. The second-order valence-corrected chi connectivity index (χ2v) is 4.16. The monoisotopic (exact) mass is 214 g/mol. The predicted molar refractivity (Wildman–Crippen MR) is 61.6 cm³/mol. The van der Waals surface area contributed by atoms with Crippen molar-refractivity contribution in [1.82, 2.24) is 0 Å². The van der Waals surface area contributed by atoms with Gasteiger partial charge in [0.15, 0.2) is 0 Å². The lowest BCUT2D eigenvalue weighted by Gasteiger charge is -2.12. The van der Waals surface area contributed by atoms with Crippen molar-refractivity contribution in [2.24, 2.45) is 0 Å². The quantitative estimate of drug-likeness (QED) is 0.543. The van der Waals surface area contributed by atoms with Gasteiger partial charge in [0.1, 0.15) is 0 Å². The van der Waals surface area contributed by atoms with Crippen molar-refractivity contribution in [1.29, 1.82) is 0 Å². The van der Waals surface area contributed by atoms with E-state index in [2.05, 4.69) is 0 Å². The van der Waals surface area contributed by atoms with Gasteiger partial charge in [-0.25, -0.2) is 0 Å². The smallest absolute Gasteiger partial charge is 0.307 e. The summed E-state index contributed by atoms with van der Waals surface area (Å²) in [6.45, 7) is 0. The van der Waals surface area contributed by atoms with Gasteiger partial charge in [-0.2, -0.15) is 0 Å². The van der Waals surface area contributed by atoms with Crippen LogP contribution < -0.4 is 0 Å². The summed E-state index contributed by atoms with van der Waals surface area (Å²) in [5.74, 6) is 0. The first-order valence-electron chi connectivity index (χ1n) is 4.88. The molecule has 2 rings (SSSR count). The van der Waals surface area contributed by atoms with Crippen molar-refractivity contribution in [2.75, 3.05) is 0 Å². The third kappa shape index (κ3) is 2.33. The molecule has 0 aliphatic carbocycles. The van der Waals surface area contributed by atoms with E-state index in [1.807, 2.05) is 60.7 Å². The largest absolute Gasteiger partial charge is 0.314 e. The highest BCUT2D eigenvalue weighted by Crippen LogP contribution is 2.23. The molecular formula is C13H11FSi. The molecule has 15 heavy (non-hydrogen) atoms. The molecule has 2 heteroatoms. The van der Waals surface area contributed by atoms with Crippen molar-refractivity contribution < 1.29 is 4.11 Å². The molecule has 2 aromatic rings. The number of halogens is 1. The molecule has 0 aromatic heterocycles. The molecule has 0 atom stereocenters. The summed E-state index contributed by atoms with van der Waals surface area (Å²) in [5.41, 5.74) is 1.99. The molecule has 0 N–H and O–H groups in total. The van der Waals surface area contributed by atoms with Crippen LogP contribution in [0.2, 0.25) is 0 Å². The first-order chi connectivity index (χ1) is 7.42. The second-order valence-electron chi connectivity index (χ2n) is 3.36. The topological polar surface area (TPSA) is 0 Å². The van der Waals surface area contributed by atoms with E-state index in [0.29, 0.717) is 0 Å². The molecule has 0 spiro atoms. The lowest BCUT2D eigenvalue weighted by atomic mass is 10.0. The summed E-state index contributed by atoms with van der Waals surface area (Å²) in [4.78, 5) is 0. The zero-order chi connectivity index (χ0) is 10.5. The van der Waals surface area contributed by atoms with Gasteiger partial charge in [-0.15, -0.1) is 0 Å². The molecule has 0 bridgehead atoms. The Hall–Kier alpha value is -1.41. The fourth-order valence-corrected chi connectivity index (χ4v) is 2.25. The summed E-state index contributed by atoms with van der Waals surface area (Å²) in [5, 5.41) is 0. The highest BCUT2D eigenvalue weighted by atomic mass is 28.3. The minimum Gasteiger partial charge on any atom is -0.314 e. The minimum absolute atomic E-state index is 0.104. The molecule has 74 valence electrons. The Balaban J connectivity index is 2.34. The van der Waals surface area contributed by atoms with Gasteiger partial charge in [0, 0.05) is 5.54 Å². The highest BCUT2D eigenvalue weighted by molar-refractivity contribution is 6.30. The maximum absolute atomic E-state index is 13.1. The first-order valence-corrected chi connectivity index (χ1v) is 5.83. The van der Waals surface area contributed by atoms with Crippen molar-refractivity contribution in [3.8, 4) is 0 Å². The van der Waals surface area contributed by atoms with E-state index in [1.54, 1.807) is 0 Å². The first kappa shape index (κ1) is 10.1. The molecule has 0 saturated carbocycles. The highest BCUT2D eigenvalue weighted by Gasteiger charge is 2.14. The van der Waals surface area contributed by atoms with E-state index < -0.39 is 9.85 Å². The van der Waals surface area contributed by atoms with Crippen LogP contribution in [0.3, 0.4) is 0 Å². The summed E-state index contributed by atoms with van der Waals surface area (Å²) in [6, 6.07) is 19.6. The zero-order valence-electron chi connectivity index (χ0n) is 8.23. The van der Waals surface area contributed by atoms with Gasteiger partial charge in [0.05, 0.1) is 0 Å². The van der Waals surface area contributed by atoms with Crippen molar-refractivity contribution in [3.05, 3.63) is 71.8 Å². The standard InChI is InChI=1S/C13H11FSi/c14-15-13(11-7-3-1-4-8-11)12-9-5-2-6-10-12/h1-10,13H. The zero-order valence-corrected chi connectivity index (χ0v) is 9.23. The second kappa shape index (κ2) is 4.89. The Labute approximate surface area is 91.8 Å². The van der Waals surface area contributed by atoms with Crippen LogP contribution in [-0.4, -0.2) is 9.85 Å². The van der Waals surface area contributed by atoms with E-state index in [9.17, 15) is 4.11 Å². The lowest BCUT2D eigenvalue weighted by molar-refractivity contribution is 0.834. The molecule has 0 saturated heterocycles. The molecule has 0 fully saturated rings. The molecule has 0 heterocycles. The van der Waals surface area contributed by atoms with E-state index in [0.717, 1.165) is 11.1 Å². The molecular weight excluding hydrogens is 203 g/mol. The van der Waals surface area contributed by atoms with E-state index in [4.69, 9.17) is 0 Å². The number of hydrogen-bond donors (Lipinski definition) is 0. The van der Waals surface area contributed by atoms with Crippen LogP contribution in [0.15, 0.2) is 60.7 Å². The van der Waals surface area contributed by atoms with Crippen LogP contribution in [0.25, 0.3) is 0 Å². The number of benzene rings is 2. The van der Waals surface area contributed by atoms with Gasteiger partial charge in [0.2, 0.25) is 0 Å². The van der Waals surface area contributed by atoms with Gasteiger partial charge in [-0.05, 0) is 11.1 Å². The van der Waals surface area contributed by atoms with Gasteiger partial charge >= 0.3 is 9.85 Å². The van der Waals surface area contributed by atoms with Crippen LogP contribution in [0, 0.1) is 0 Å². The molecule has 2 radical (unpaired) electrons. The maximum Gasteiger partial charge on any atom is 0.307 e. The Kier molecular flexibility index (Phi) is 3.30. The van der Waals surface area contributed by atoms with Crippen LogP contribution in [0.4, 0.5) is 4.11 Å². The summed E-state index contributed by atoms with van der Waals surface area (Å²) < 4.78 is 13.1. The average Bonchev–Trinajstić information content (AvgIpc) is 2.33. The van der Waals surface area contributed by atoms with Crippen LogP contribution in [-0.2, 0) is 0 Å². The SMILES string of the molecule is F[Si]C(c1ccccc1)c1ccccc1. The van der Waals surface area contributed by atoms with Crippen LogP contribution in [0.5, 0.6) is 0 Å². The van der Waals surface area contributed by atoms with Gasteiger partial charge in [-0.1, -0.05) is 60.7 Å². The molecule has 0 nitrogen and oxygen atoms in total. The maximum atomic E-state index is 13.1. The third-order valence-corrected chi connectivity index (χ3v) is 3.26. The Morgan fingerprint density at radius 1 is 0.733 bits per heavy atom. The van der Waals surface area contributed by atoms with Crippen LogP contribution >= 0.6 is 0 Å². The molecule has 0 amide bonds. The fourth-order valence-electron chi connectivity index (χ4n) is 1.61. The predicted octanol–water partition coefficient (Wildman–Crippen LogP) is 3.36. The van der Waals surface area contributed by atoms with Gasteiger partial charge < -0.3 is 4.11 Å². The van der Waals surface area contributed by atoms with Crippen molar-refractivity contribution in [2.45, 2.75) is 5.54 Å². The van der Waals surface area contributed by atoms with E-state index >= 15 is 0 Å². The fraction of sp³-hybridized carbons (Fsp3) is 0.0769. The normalized spacial score (nSPS) is 10.5. The summed E-state index contributed by atoms with van der Waals surface area (Å²) >= 11 is 0. The minimum atomic E-state index is -0.596. The number of hydrogen-bond acceptors (Lipinski definition) is 0. The number of rotatable bonds is 3. The average molecular weight is 214 g/mol. The Bertz CT molecular complexity index is 360. The van der Waals surface area contributed by atoms with Crippen molar-refractivity contribution >= 4 is 9.85 Å². The van der Waals surface area contributed by atoms with Crippen molar-refractivity contribution in [3.63, 3.8) is 0 Å².